The zero-order valence-electron chi connectivity index (χ0n) is 7.16. The Hall–Kier alpha value is -1.18. The first-order chi connectivity index (χ1) is 5.33. The molecule has 2 nitrogen and oxygen atoms in total. The summed E-state index contributed by atoms with van der Waals surface area (Å²) in [4.78, 5) is 14.0. The summed E-state index contributed by atoms with van der Waals surface area (Å²) in [6.45, 7) is 5.85. The summed E-state index contributed by atoms with van der Waals surface area (Å²) in [6.07, 6.45) is 0.743. The highest BCUT2D eigenvalue weighted by Crippen LogP contribution is 1.93. The van der Waals surface area contributed by atoms with Gasteiger partial charge in [0.15, 0.2) is 6.29 Å². The van der Waals surface area contributed by atoms with Gasteiger partial charge in [-0.1, -0.05) is 19.9 Å². The standard InChI is InChI=1S/C7H7NO.C2H6/c1-6-3-2-4-7(5-9)8-6;1-2/h2-5H,1H3;1-2H3. The van der Waals surface area contributed by atoms with E-state index in [1.165, 1.54) is 0 Å². The van der Waals surface area contributed by atoms with Crippen LogP contribution in [0.15, 0.2) is 18.2 Å². The van der Waals surface area contributed by atoms with Gasteiger partial charge in [-0.25, -0.2) is 0 Å². The van der Waals surface area contributed by atoms with Crippen LogP contribution in [-0.4, -0.2) is 11.3 Å². The second-order valence-electron chi connectivity index (χ2n) is 1.82. The van der Waals surface area contributed by atoms with E-state index in [0.717, 1.165) is 12.0 Å². The molecule has 0 atom stereocenters. The normalized spacial score (nSPS) is 7.91. The van der Waals surface area contributed by atoms with Crippen molar-refractivity contribution < 1.29 is 4.79 Å². The Bertz CT molecular complexity index is 221. The summed E-state index contributed by atoms with van der Waals surface area (Å²) in [6, 6.07) is 5.35. The highest BCUT2D eigenvalue weighted by Gasteiger charge is 1.87. The largest absolute Gasteiger partial charge is 0.296 e. The molecular weight excluding hydrogens is 138 g/mol. The van der Waals surface area contributed by atoms with Crippen LogP contribution in [0.2, 0.25) is 0 Å². The van der Waals surface area contributed by atoms with Crippen molar-refractivity contribution in [1.29, 1.82) is 0 Å². The van der Waals surface area contributed by atoms with Crippen molar-refractivity contribution in [3.8, 4) is 0 Å². The molecule has 2 heteroatoms. The van der Waals surface area contributed by atoms with Gasteiger partial charge in [0.2, 0.25) is 0 Å². The minimum absolute atomic E-state index is 0.495. The number of rotatable bonds is 1. The average Bonchev–Trinajstić information content (AvgIpc) is 2.08. The lowest BCUT2D eigenvalue weighted by molar-refractivity contribution is 0.111. The SMILES string of the molecule is CC.Cc1cccc(C=O)n1. The van der Waals surface area contributed by atoms with Crippen LogP contribution in [0, 0.1) is 6.92 Å². The third-order valence-corrected chi connectivity index (χ3v) is 1.03. The fraction of sp³-hybridized carbons (Fsp3) is 0.333. The molecule has 0 saturated heterocycles. The third kappa shape index (κ3) is 3.50. The highest BCUT2D eigenvalue weighted by atomic mass is 16.1. The predicted molar refractivity (Wildman–Crippen MR) is 45.7 cm³/mol. The molecule has 0 unspecified atom stereocenters. The van der Waals surface area contributed by atoms with Crippen molar-refractivity contribution in [2.75, 3.05) is 0 Å². The number of carbonyl (C=O) groups excluding carboxylic acids is 1. The van der Waals surface area contributed by atoms with E-state index in [9.17, 15) is 4.79 Å². The quantitative estimate of drug-likeness (QED) is 0.576. The summed E-state index contributed by atoms with van der Waals surface area (Å²) in [5.74, 6) is 0. The van der Waals surface area contributed by atoms with E-state index in [-0.39, 0.29) is 0 Å². The minimum atomic E-state index is 0.495. The van der Waals surface area contributed by atoms with E-state index in [1.807, 2.05) is 32.9 Å². The molecule has 0 N–H and O–H groups in total. The topological polar surface area (TPSA) is 30.0 Å². The van der Waals surface area contributed by atoms with Crippen molar-refractivity contribution in [3.63, 3.8) is 0 Å². The van der Waals surface area contributed by atoms with Gasteiger partial charge in [0.1, 0.15) is 5.69 Å². The van der Waals surface area contributed by atoms with Crippen molar-refractivity contribution >= 4 is 6.29 Å². The van der Waals surface area contributed by atoms with Gasteiger partial charge in [-0.15, -0.1) is 0 Å². The molecule has 0 aromatic carbocycles. The van der Waals surface area contributed by atoms with Crippen molar-refractivity contribution in [2.24, 2.45) is 0 Å². The number of aldehydes is 1. The number of aryl methyl sites for hydroxylation is 1. The first kappa shape index (κ1) is 9.82. The van der Waals surface area contributed by atoms with E-state index >= 15 is 0 Å². The Balaban J connectivity index is 0.000000461. The van der Waals surface area contributed by atoms with Gasteiger partial charge in [-0.05, 0) is 19.1 Å². The lowest BCUT2D eigenvalue weighted by atomic mass is 10.3. The fourth-order valence-corrected chi connectivity index (χ4v) is 0.630. The zero-order valence-corrected chi connectivity index (χ0v) is 7.16. The molecule has 0 fully saturated rings. The molecule has 60 valence electrons. The van der Waals surface area contributed by atoms with E-state index in [2.05, 4.69) is 4.98 Å². The third-order valence-electron chi connectivity index (χ3n) is 1.03. The van der Waals surface area contributed by atoms with Gasteiger partial charge in [0.25, 0.3) is 0 Å². The Morgan fingerprint density at radius 1 is 1.36 bits per heavy atom. The number of nitrogens with zero attached hydrogens (tertiary/aromatic N) is 1. The number of carbonyl (C=O) groups is 1. The number of aromatic nitrogens is 1. The Morgan fingerprint density at radius 3 is 2.36 bits per heavy atom. The maximum absolute atomic E-state index is 10.1. The van der Waals surface area contributed by atoms with Crippen LogP contribution in [0.5, 0.6) is 0 Å². The summed E-state index contributed by atoms with van der Waals surface area (Å²) in [5, 5.41) is 0. The minimum Gasteiger partial charge on any atom is -0.296 e. The van der Waals surface area contributed by atoms with E-state index in [0.29, 0.717) is 5.69 Å². The summed E-state index contributed by atoms with van der Waals surface area (Å²) in [5.41, 5.74) is 1.37. The molecule has 1 heterocycles. The van der Waals surface area contributed by atoms with E-state index < -0.39 is 0 Å². The van der Waals surface area contributed by atoms with E-state index in [4.69, 9.17) is 0 Å². The van der Waals surface area contributed by atoms with Gasteiger partial charge in [0, 0.05) is 5.69 Å². The van der Waals surface area contributed by atoms with Gasteiger partial charge in [0.05, 0.1) is 0 Å². The molecule has 1 aromatic heterocycles. The second-order valence-corrected chi connectivity index (χ2v) is 1.82. The Labute approximate surface area is 67.3 Å². The molecule has 0 aliphatic heterocycles. The monoisotopic (exact) mass is 151 g/mol. The smallest absolute Gasteiger partial charge is 0.168 e. The van der Waals surface area contributed by atoms with Crippen LogP contribution in [0.4, 0.5) is 0 Å². The highest BCUT2D eigenvalue weighted by molar-refractivity contribution is 5.71. The molecule has 0 amide bonds. The molecular formula is C9H13NO. The Kier molecular flexibility index (Phi) is 4.99. The maximum atomic E-state index is 10.1. The van der Waals surface area contributed by atoms with Crippen LogP contribution < -0.4 is 0 Å². The molecule has 1 aromatic rings. The van der Waals surface area contributed by atoms with Gasteiger partial charge >= 0.3 is 0 Å². The lowest BCUT2D eigenvalue weighted by Gasteiger charge is -1.89. The van der Waals surface area contributed by atoms with Crippen LogP contribution in [0.25, 0.3) is 0 Å². The predicted octanol–water partition coefficient (Wildman–Crippen LogP) is 2.23. The van der Waals surface area contributed by atoms with Crippen LogP contribution in [0.3, 0.4) is 0 Å². The zero-order chi connectivity index (χ0) is 8.69. The molecule has 0 aliphatic carbocycles. The fourth-order valence-electron chi connectivity index (χ4n) is 0.630. The van der Waals surface area contributed by atoms with Crippen LogP contribution in [-0.2, 0) is 0 Å². The summed E-state index contributed by atoms with van der Waals surface area (Å²) in [7, 11) is 0. The first-order valence-corrected chi connectivity index (χ1v) is 3.72. The summed E-state index contributed by atoms with van der Waals surface area (Å²) >= 11 is 0. The number of hydrogen-bond acceptors (Lipinski definition) is 2. The average molecular weight is 151 g/mol. The van der Waals surface area contributed by atoms with Gasteiger partial charge in [-0.3, -0.25) is 9.78 Å². The molecule has 0 bridgehead atoms. The molecule has 1 rings (SSSR count). The van der Waals surface area contributed by atoms with Crippen molar-refractivity contribution in [3.05, 3.63) is 29.6 Å². The number of hydrogen-bond donors (Lipinski definition) is 0. The van der Waals surface area contributed by atoms with Crippen LogP contribution >= 0.6 is 0 Å². The lowest BCUT2D eigenvalue weighted by Crippen LogP contribution is -1.86. The molecule has 0 spiro atoms. The van der Waals surface area contributed by atoms with Gasteiger partial charge < -0.3 is 0 Å². The molecule has 0 radical (unpaired) electrons. The second kappa shape index (κ2) is 5.59. The Morgan fingerprint density at radius 2 is 2.00 bits per heavy atom. The number of pyridine rings is 1. The summed E-state index contributed by atoms with van der Waals surface area (Å²) < 4.78 is 0. The first-order valence-electron chi connectivity index (χ1n) is 3.72. The molecule has 11 heavy (non-hydrogen) atoms. The molecule has 0 saturated carbocycles. The van der Waals surface area contributed by atoms with Gasteiger partial charge in [-0.2, -0.15) is 0 Å². The maximum Gasteiger partial charge on any atom is 0.168 e. The van der Waals surface area contributed by atoms with Crippen LogP contribution in [0.1, 0.15) is 30.0 Å². The molecule has 0 aliphatic rings. The van der Waals surface area contributed by atoms with Crippen molar-refractivity contribution in [1.82, 2.24) is 4.98 Å². The van der Waals surface area contributed by atoms with Crippen molar-refractivity contribution in [2.45, 2.75) is 20.8 Å². The van der Waals surface area contributed by atoms with E-state index in [1.54, 1.807) is 6.07 Å².